The van der Waals surface area contributed by atoms with Crippen LogP contribution in [-0.2, 0) is 4.74 Å². The molecule has 1 amide bonds. The van der Waals surface area contributed by atoms with Gasteiger partial charge in [0, 0.05) is 38.1 Å². The fraction of sp³-hybridized carbons (Fsp3) is 0.688. The predicted molar refractivity (Wildman–Crippen MR) is 80.3 cm³/mol. The van der Waals surface area contributed by atoms with E-state index in [1.54, 1.807) is 12.4 Å². The van der Waals surface area contributed by atoms with Crippen molar-refractivity contribution in [3.63, 3.8) is 0 Å². The molecule has 2 saturated heterocycles. The minimum absolute atomic E-state index is 0.0542. The van der Waals surface area contributed by atoms with Gasteiger partial charge in [-0.3, -0.25) is 14.7 Å². The van der Waals surface area contributed by atoms with E-state index >= 15 is 0 Å². The van der Waals surface area contributed by atoms with E-state index in [4.69, 9.17) is 4.74 Å². The van der Waals surface area contributed by atoms with Gasteiger partial charge < -0.3 is 10.1 Å². The van der Waals surface area contributed by atoms with Crippen molar-refractivity contribution in [1.82, 2.24) is 20.2 Å². The molecule has 1 aromatic rings. The molecule has 0 unspecified atom stereocenters. The highest BCUT2D eigenvalue weighted by Crippen LogP contribution is 2.35. The molecule has 1 aromatic heterocycles. The highest BCUT2D eigenvalue weighted by molar-refractivity contribution is 5.92. The second-order valence-electron chi connectivity index (χ2n) is 6.61. The van der Waals surface area contributed by atoms with Crippen LogP contribution in [0.3, 0.4) is 0 Å². The van der Waals surface area contributed by atoms with Crippen LogP contribution in [0.2, 0.25) is 0 Å². The van der Waals surface area contributed by atoms with Crippen LogP contribution in [0.4, 0.5) is 0 Å². The van der Waals surface area contributed by atoms with Crippen LogP contribution in [0.25, 0.3) is 0 Å². The largest absolute Gasteiger partial charge is 0.374 e. The van der Waals surface area contributed by atoms with E-state index in [1.807, 2.05) is 0 Å². The second kappa shape index (κ2) is 5.93. The van der Waals surface area contributed by atoms with Gasteiger partial charge in [-0.2, -0.15) is 0 Å². The zero-order valence-electron chi connectivity index (χ0n) is 12.6. The monoisotopic (exact) mass is 302 g/mol. The van der Waals surface area contributed by atoms with Crippen LogP contribution >= 0.6 is 0 Å². The number of hydrogen-bond donors (Lipinski definition) is 1. The number of rotatable bonds is 4. The maximum atomic E-state index is 12.3. The lowest BCUT2D eigenvalue weighted by molar-refractivity contribution is -0.0205. The number of fused-ring (bicyclic) bond motifs is 1. The number of likely N-dealkylation sites (tertiary alicyclic amines) is 1. The third kappa shape index (κ3) is 2.85. The van der Waals surface area contributed by atoms with Crippen molar-refractivity contribution in [2.24, 2.45) is 5.92 Å². The number of hydrogen-bond acceptors (Lipinski definition) is 5. The maximum Gasteiger partial charge on any atom is 0.271 e. The Bertz CT molecular complexity index is 534. The zero-order chi connectivity index (χ0) is 14.9. The van der Waals surface area contributed by atoms with E-state index in [0.717, 1.165) is 32.0 Å². The standard InChI is InChI=1S/C16H22N4O2/c21-16(12-8-17-5-6-18-12)19-13-10-20(9-11-3-4-11)14-2-1-7-22-15(13)14/h5-6,8,11,13-15H,1-4,7,9-10H2,(H,19,21)/t13-,14+,15+/m0/s1. The Morgan fingerprint density at radius 2 is 2.27 bits per heavy atom. The molecule has 6 heteroatoms. The third-order valence-electron chi connectivity index (χ3n) is 4.93. The molecule has 6 nitrogen and oxygen atoms in total. The van der Waals surface area contributed by atoms with Gasteiger partial charge in [0.25, 0.3) is 5.91 Å². The van der Waals surface area contributed by atoms with Gasteiger partial charge in [-0.1, -0.05) is 0 Å². The highest BCUT2D eigenvalue weighted by Gasteiger charge is 2.45. The molecule has 3 aliphatic rings. The Morgan fingerprint density at radius 3 is 3.05 bits per heavy atom. The Labute approximate surface area is 130 Å². The topological polar surface area (TPSA) is 67.4 Å². The second-order valence-corrected chi connectivity index (χ2v) is 6.61. The number of carbonyl (C=O) groups excluding carboxylic acids is 1. The van der Waals surface area contributed by atoms with E-state index in [-0.39, 0.29) is 18.1 Å². The van der Waals surface area contributed by atoms with Gasteiger partial charge in [-0.15, -0.1) is 0 Å². The van der Waals surface area contributed by atoms with Crippen LogP contribution in [0.1, 0.15) is 36.2 Å². The van der Waals surface area contributed by atoms with Gasteiger partial charge >= 0.3 is 0 Å². The minimum Gasteiger partial charge on any atom is -0.374 e. The number of aromatic nitrogens is 2. The van der Waals surface area contributed by atoms with Crippen molar-refractivity contribution >= 4 is 5.91 Å². The fourth-order valence-electron chi connectivity index (χ4n) is 3.68. The molecule has 118 valence electrons. The summed E-state index contributed by atoms with van der Waals surface area (Å²) in [4.78, 5) is 22.9. The summed E-state index contributed by atoms with van der Waals surface area (Å²) in [6.45, 7) is 2.84. The molecule has 1 saturated carbocycles. The normalized spacial score (nSPS) is 31.7. The lowest BCUT2D eigenvalue weighted by Gasteiger charge is -2.32. The lowest BCUT2D eigenvalue weighted by atomic mass is 10.0. The van der Waals surface area contributed by atoms with Crippen molar-refractivity contribution in [1.29, 1.82) is 0 Å². The summed E-state index contributed by atoms with van der Waals surface area (Å²) >= 11 is 0. The molecule has 3 fully saturated rings. The first-order valence-corrected chi connectivity index (χ1v) is 8.24. The van der Waals surface area contributed by atoms with Gasteiger partial charge in [0.15, 0.2) is 0 Å². The van der Waals surface area contributed by atoms with E-state index in [0.29, 0.717) is 11.7 Å². The van der Waals surface area contributed by atoms with Crippen LogP contribution in [0.5, 0.6) is 0 Å². The van der Waals surface area contributed by atoms with E-state index < -0.39 is 0 Å². The summed E-state index contributed by atoms with van der Waals surface area (Å²) in [5.74, 6) is 0.705. The van der Waals surface area contributed by atoms with Crippen molar-refractivity contribution in [2.45, 2.75) is 43.9 Å². The molecule has 2 aliphatic heterocycles. The minimum atomic E-state index is -0.153. The summed E-state index contributed by atoms with van der Waals surface area (Å²) in [6, 6.07) is 0.514. The van der Waals surface area contributed by atoms with Crippen molar-refractivity contribution in [3.05, 3.63) is 24.3 Å². The summed E-state index contributed by atoms with van der Waals surface area (Å²) in [5.41, 5.74) is 0.371. The first kappa shape index (κ1) is 14.1. The molecule has 1 N–H and O–H groups in total. The van der Waals surface area contributed by atoms with Gasteiger partial charge in [-0.25, -0.2) is 4.98 Å². The van der Waals surface area contributed by atoms with E-state index in [1.165, 1.54) is 25.5 Å². The summed E-state index contributed by atoms with van der Waals surface area (Å²) in [5, 5.41) is 3.11. The van der Waals surface area contributed by atoms with Gasteiger partial charge in [0.2, 0.25) is 0 Å². The first-order valence-electron chi connectivity index (χ1n) is 8.24. The Morgan fingerprint density at radius 1 is 1.36 bits per heavy atom. The van der Waals surface area contributed by atoms with Crippen LogP contribution in [-0.4, -0.2) is 58.7 Å². The molecule has 0 bridgehead atoms. The van der Waals surface area contributed by atoms with Crippen molar-refractivity contribution in [3.8, 4) is 0 Å². The molecule has 3 atom stereocenters. The maximum absolute atomic E-state index is 12.3. The molecule has 0 radical (unpaired) electrons. The van der Waals surface area contributed by atoms with Crippen molar-refractivity contribution < 1.29 is 9.53 Å². The molecule has 22 heavy (non-hydrogen) atoms. The smallest absolute Gasteiger partial charge is 0.271 e. The predicted octanol–water partition coefficient (Wildman–Crippen LogP) is 0.848. The average Bonchev–Trinajstić information content (AvgIpc) is 3.32. The van der Waals surface area contributed by atoms with Gasteiger partial charge in [0.1, 0.15) is 5.69 Å². The molecule has 4 rings (SSSR count). The van der Waals surface area contributed by atoms with E-state index in [9.17, 15) is 4.79 Å². The van der Waals surface area contributed by atoms with E-state index in [2.05, 4.69) is 20.2 Å². The Hall–Kier alpha value is -1.53. The summed E-state index contributed by atoms with van der Waals surface area (Å²) in [7, 11) is 0. The molecular weight excluding hydrogens is 280 g/mol. The number of nitrogens with one attached hydrogen (secondary N) is 1. The number of ether oxygens (including phenoxy) is 1. The summed E-state index contributed by atoms with van der Waals surface area (Å²) in [6.07, 6.45) is 9.74. The van der Waals surface area contributed by atoms with Crippen LogP contribution in [0.15, 0.2) is 18.6 Å². The fourth-order valence-corrected chi connectivity index (χ4v) is 3.68. The molecule has 0 spiro atoms. The molecule has 1 aliphatic carbocycles. The molecule has 0 aromatic carbocycles. The third-order valence-corrected chi connectivity index (χ3v) is 4.93. The highest BCUT2D eigenvalue weighted by atomic mass is 16.5. The first-order chi connectivity index (χ1) is 10.8. The number of amides is 1. The zero-order valence-corrected chi connectivity index (χ0v) is 12.6. The molecule has 3 heterocycles. The van der Waals surface area contributed by atoms with Gasteiger partial charge in [0.05, 0.1) is 18.3 Å². The summed E-state index contributed by atoms with van der Waals surface area (Å²) < 4.78 is 5.99. The number of nitrogens with zero attached hydrogens (tertiary/aromatic N) is 3. The Kier molecular flexibility index (Phi) is 3.80. The quantitative estimate of drug-likeness (QED) is 0.893. The SMILES string of the molecule is O=C(N[C@H]1CN(CC2CC2)[C@@H]2CCCO[C@H]12)c1cnccn1. The van der Waals surface area contributed by atoms with Crippen LogP contribution in [0, 0.1) is 5.92 Å². The van der Waals surface area contributed by atoms with Gasteiger partial charge in [-0.05, 0) is 31.6 Å². The Balaban J connectivity index is 1.45. The van der Waals surface area contributed by atoms with Crippen molar-refractivity contribution in [2.75, 3.05) is 19.7 Å². The lowest BCUT2D eigenvalue weighted by Crippen LogP contribution is -2.47. The average molecular weight is 302 g/mol. The molecular formula is C16H22N4O2. The number of carbonyl (C=O) groups is 1. The van der Waals surface area contributed by atoms with Crippen LogP contribution < -0.4 is 5.32 Å².